The Kier molecular flexibility index (Phi) is 6.41. The molecule has 2 fully saturated rings. The topological polar surface area (TPSA) is 162 Å². The Morgan fingerprint density at radius 3 is 2.81 bits per heavy atom. The molecule has 4 heterocycles. The van der Waals surface area contributed by atoms with Gasteiger partial charge in [-0.15, -0.1) is 10.2 Å². The largest absolute Gasteiger partial charge is 0.382 e. The maximum atomic E-state index is 12.4. The summed E-state index contributed by atoms with van der Waals surface area (Å²) in [6, 6.07) is 5.51. The molecule has 0 bridgehead atoms. The molecular formula is C23H29N9O4. The molecule has 1 saturated heterocycles. The van der Waals surface area contributed by atoms with E-state index in [4.69, 9.17) is 15.2 Å². The Balaban J connectivity index is 1.37. The highest BCUT2D eigenvalue weighted by Crippen LogP contribution is 2.47. The van der Waals surface area contributed by atoms with Crippen molar-refractivity contribution in [2.45, 2.75) is 30.8 Å². The standard InChI is InChI=1S/C23H29N9O4/c1-25-20(33)19-16(11-17(28-29-19)23(6-7-23)21(24)34)26-22-27-18-4-3-14(12-32(18)30-22)31-8-5-15(13-31)36-10-9-35-2/h3-4,11-12,15H,5-10,13H2,1-2H3,(H2,24,34)(H,25,33)(H,26,28,30)/t15-/m0/s1. The number of methoxy groups -OCH3 is 1. The smallest absolute Gasteiger partial charge is 0.273 e. The minimum atomic E-state index is -0.841. The zero-order valence-corrected chi connectivity index (χ0v) is 20.2. The summed E-state index contributed by atoms with van der Waals surface area (Å²) >= 11 is 0. The Morgan fingerprint density at radius 2 is 2.08 bits per heavy atom. The van der Waals surface area contributed by atoms with Crippen LogP contribution >= 0.6 is 0 Å². The normalized spacial score (nSPS) is 18.4. The van der Waals surface area contributed by atoms with Crippen molar-refractivity contribution in [3.05, 3.63) is 35.8 Å². The second kappa shape index (κ2) is 9.66. The Bertz CT molecular complexity index is 1290. The molecule has 1 aliphatic carbocycles. The summed E-state index contributed by atoms with van der Waals surface area (Å²) in [5.74, 6) is -0.604. The van der Waals surface area contributed by atoms with Gasteiger partial charge in [0.15, 0.2) is 11.3 Å². The van der Waals surface area contributed by atoms with Gasteiger partial charge in [-0.2, -0.15) is 10.1 Å². The molecule has 1 atom stereocenters. The second-order valence-electron chi connectivity index (χ2n) is 8.99. The maximum Gasteiger partial charge on any atom is 0.273 e. The van der Waals surface area contributed by atoms with Crippen LogP contribution in [0.5, 0.6) is 0 Å². The minimum absolute atomic E-state index is 0.0673. The van der Waals surface area contributed by atoms with Crippen molar-refractivity contribution in [1.82, 2.24) is 30.1 Å². The molecule has 0 radical (unpaired) electrons. The SMILES string of the molecule is CNC(=O)c1nnc(C2(C(N)=O)CC2)cc1Nc1nc2ccc(N3CC[C@H](OCCOC)C3)cn2n1. The zero-order valence-electron chi connectivity index (χ0n) is 20.2. The second-order valence-corrected chi connectivity index (χ2v) is 8.99. The number of nitrogens with zero attached hydrogens (tertiary/aromatic N) is 6. The number of nitrogens with one attached hydrogen (secondary N) is 2. The quantitative estimate of drug-likeness (QED) is 0.335. The maximum absolute atomic E-state index is 12.4. The fourth-order valence-electron chi connectivity index (χ4n) is 4.39. The van der Waals surface area contributed by atoms with Gasteiger partial charge in [0.05, 0.1) is 48.0 Å². The number of ether oxygens (including phenoxy) is 2. The van der Waals surface area contributed by atoms with Gasteiger partial charge in [0, 0.05) is 27.2 Å². The first-order chi connectivity index (χ1) is 17.4. The van der Waals surface area contributed by atoms with E-state index >= 15 is 0 Å². The molecule has 36 heavy (non-hydrogen) atoms. The highest BCUT2D eigenvalue weighted by atomic mass is 16.5. The van der Waals surface area contributed by atoms with Gasteiger partial charge < -0.3 is 30.7 Å². The van der Waals surface area contributed by atoms with Crippen LogP contribution in [-0.4, -0.2) is 83.2 Å². The lowest BCUT2D eigenvalue weighted by Gasteiger charge is -2.18. The van der Waals surface area contributed by atoms with Crippen LogP contribution in [0.15, 0.2) is 24.4 Å². The number of rotatable bonds is 10. The first-order valence-electron chi connectivity index (χ1n) is 11.8. The van der Waals surface area contributed by atoms with Crippen molar-refractivity contribution >= 4 is 34.8 Å². The minimum Gasteiger partial charge on any atom is -0.382 e. The fourth-order valence-corrected chi connectivity index (χ4v) is 4.39. The van der Waals surface area contributed by atoms with Crippen LogP contribution in [-0.2, 0) is 19.7 Å². The first-order valence-corrected chi connectivity index (χ1v) is 11.8. The average molecular weight is 496 g/mol. The van der Waals surface area contributed by atoms with E-state index in [-0.39, 0.29) is 17.7 Å². The zero-order chi connectivity index (χ0) is 25.3. The molecule has 13 heteroatoms. The Morgan fingerprint density at radius 1 is 1.25 bits per heavy atom. The van der Waals surface area contributed by atoms with Gasteiger partial charge in [-0.1, -0.05) is 0 Å². The van der Waals surface area contributed by atoms with E-state index in [1.54, 1.807) is 17.7 Å². The number of carbonyl (C=O) groups excluding carboxylic acids is 2. The van der Waals surface area contributed by atoms with E-state index in [1.807, 2.05) is 18.3 Å². The number of hydrogen-bond donors (Lipinski definition) is 3. The summed E-state index contributed by atoms with van der Waals surface area (Å²) < 4.78 is 12.6. The van der Waals surface area contributed by atoms with Crippen LogP contribution in [0.4, 0.5) is 17.3 Å². The molecule has 3 aromatic heterocycles. The molecule has 4 N–H and O–H groups in total. The van der Waals surface area contributed by atoms with Crippen molar-refractivity contribution in [1.29, 1.82) is 0 Å². The van der Waals surface area contributed by atoms with Gasteiger partial charge in [-0.25, -0.2) is 4.52 Å². The third-order valence-corrected chi connectivity index (χ3v) is 6.66. The third-order valence-electron chi connectivity index (χ3n) is 6.66. The molecule has 3 aromatic rings. The van der Waals surface area contributed by atoms with Crippen LogP contribution in [0.2, 0.25) is 0 Å². The highest BCUT2D eigenvalue weighted by molar-refractivity contribution is 5.98. The lowest BCUT2D eigenvalue weighted by Crippen LogP contribution is -2.30. The summed E-state index contributed by atoms with van der Waals surface area (Å²) in [6.45, 7) is 2.83. The van der Waals surface area contributed by atoms with Crippen molar-refractivity contribution in [2.75, 3.05) is 50.7 Å². The van der Waals surface area contributed by atoms with E-state index in [0.717, 1.165) is 25.2 Å². The number of amides is 2. The van der Waals surface area contributed by atoms with Crippen molar-refractivity contribution < 1.29 is 19.1 Å². The molecule has 2 aliphatic rings. The predicted octanol–water partition coefficient (Wildman–Crippen LogP) is 0.381. The lowest BCUT2D eigenvalue weighted by molar-refractivity contribution is -0.120. The predicted molar refractivity (Wildman–Crippen MR) is 130 cm³/mol. The summed E-state index contributed by atoms with van der Waals surface area (Å²) in [5.41, 5.74) is 7.23. The number of carbonyl (C=O) groups is 2. The van der Waals surface area contributed by atoms with Gasteiger partial charge in [0.25, 0.3) is 5.91 Å². The number of nitrogens with two attached hydrogens (primary N) is 1. The Labute approximate surface area is 207 Å². The summed E-state index contributed by atoms with van der Waals surface area (Å²) in [5, 5.41) is 18.3. The molecule has 1 aliphatic heterocycles. The molecule has 190 valence electrons. The number of hydrogen-bond acceptors (Lipinski definition) is 10. The van der Waals surface area contributed by atoms with Crippen LogP contribution in [0.1, 0.15) is 35.4 Å². The average Bonchev–Trinajstić information content (AvgIpc) is 3.40. The summed E-state index contributed by atoms with van der Waals surface area (Å²) in [6.07, 6.45) is 4.21. The van der Waals surface area contributed by atoms with Gasteiger partial charge in [-0.05, 0) is 37.5 Å². The number of aromatic nitrogens is 5. The van der Waals surface area contributed by atoms with Crippen LogP contribution < -0.4 is 21.3 Å². The van der Waals surface area contributed by atoms with E-state index in [0.29, 0.717) is 43.1 Å². The van der Waals surface area contributed by atoms with E-state index in [9.17, 15) is 9.59 Å². The number of anilines is 3. The van der Waals surface area contributed by atoms with E-state index in [2.05, 4.69) is 35.8 Å². The van der Waals surface area contributed by atoms with E-state index < -0.39 is 17.2 Å². The van der Waals surface area contributed by atoms with E-state index in [1.165, 1.54) is 7.05 Å². The summed E-state index contributed by atoms with van der Waals surface area (Å²) in [7, 11) is 3.17. The first kappa shape index (κ1) is 23.9. The van der Waals surface area contributed by atoms with Crippen molar-refractivity contribution in [3.8, 4) is 0 Å². The molecule has 5 rings (SSSR count). The van der Waals surface area contributed by atoms with Crippen LogP contribution in [0.3, 0.4) is 0 Å². The molecular weight excluding hydrogens is 466 g/mol. The van der Waals surface area contributed by atoms with Crippen LogP contribution in [0.25, 0.3) is 5.65 Å². The highest BCUT2D eigenvalue weighted by Gasteiger charge is 2.52. The molecule has 0 unspecified atom stereocenters. The Hall–Kier alpha value is -3.84. The number of primary amides is 1. The monoisotopic (exact) mass is 495 g/mol. The molecule has 13 nitrogen and oxygen atoms in total. The van der Waals surface area contributed by atoms with Crippen molar-refractivity contribution in [2.24, 2.45) is 5.73 Å². The molecule has 2 amide bonds. The van der Waals surface area contributed by atoms with Gasteiger partial charge in [0.2, 0.25) is 11.9 Å². The summed E-state index contributed by atoms with van der Waals surface area (Å²) in [4.78, 5) is 31.1. The van der Waals surface area contributed by atoms with Crippen LogP contribution in [0, 0.1) is 0 Å². The van der Waals surface area contributed by atoms with Gasteiger partial charge >= 0.3 is 0 Å². The molecule has 1 saturated carbocycles. The molecule has 0 aromatic carbocycles. The number of pyridine rings is 1. The lowest BCUT2D eigenvalue weighted by atomic mass is 10.0. The van der Waals surface area contributed by atoms with Crippen molar-refractivity contribution in [3.63, 3.8) is 0 Å². The van der Waals surface area contributed by atoms with Gasteiger partial charge in [0.1, 0.15) is 0 Å². The fraction of sp³-hybridized carbons (Fsp3) is 0.478. The van der Waals surface area contributed by atoms with Gasteiger partial charge in [-0.3, -0.25) is 9.59 Å². The third kappa shape index (κ3) is 4.54. The molecule has 0 spiro atoms. The number of fused-ring (bicyclic) bond motifs is 1.